The van der Waals surface area contributed by atoms with E-state index in [2.05, 4.69) is 20.4 Å². The van der Waals surface area contributed by atoms with Crippen molar-refractivity contribution in [1.82, 2.24) is 24.1 Å². The van der Waals surface area contributed by atoms with E-state index in [0.29, 0.717) is 22.9 Å². The Balaban J connectivity index is 1.64. The van der Waals surface area contributed by atoms with Crippen molar-refractivity contribution in [3.63, 3.8) is 0 Å². The first-order chi connectivity index (χ1) is 14.5. The Labute approximate surface area is 175 Å². The van der Waals surface area contributed by atoms with Crippen molar-refractivity contribution in [3.8, 4) is 17.0 Å². The molecule has 4 rings (SSSR count). The maximum atomic E-state index is 12.7. The van der Waals surface area contributed by atoms with E-state index in [1.807, 2.05) is 24.3 Å². The molecule has 9 nitrogen and oxygen atoms in total. The van der Waals surface area contributed by atoms with Gasteiger partial charge in [0.15, 0.2) is 10.8 Å². The first-order valence-corrected chi connectivity index (χ1v) is 9.36. The van der Waals surface area contributed by atoms with Gasteiger partial charge in [-0.25, -0.2) is 23.8 Å². The molecule has 4 aromatic rings. The number of aryl methyl sites for hydroxylation is 1. The van der Waals surface area contributed by atoms with Gasteiger partial charge in [0, 0.05) is 17.8 Å². The maximum Gasteiger partial charge on any atom is 0.352 e. The first kappa shape index (κ1) is 19.6. The van der Waals surface area contributed by atoms with E-state index in [9.17, 15) is 9.59 Å². The maximum absolute atomic E-state index is 12.7. The fourth-order valence-corrected chi connectivity index (χ4v) is 3.19. The molecule has 0 saturated heterocycles. The molecule has 3 heterocycles. The van der Waals surface area contributed by atoms with E-state index in [1.54, 1.807) is 32.2 Å². The highest BCUT2D eigenvalue weighted by atomic mass is 35.5. The van der Waals surface area contributed by atoms with Crippen molar-refractivity contribution in [1.29, 1.82) is 0 Å². The summed E-state index contributed by atoms with van der Waals surface area (Å²) in [7, 11) is 1.60. The van der Waals surface area contributed by atoms with Crippen LogP contribution in [0.2, 0.25) is 5.15 Å². The second kappa shape index (κ2) is 7.96. The van der Waals surface area contributed by atoms with Gasteiger partial charge >= 0.3 is 5.69 Å². The van der Waals surface area contributed by atoms with Gasteiger partial charge in [-0.05, 0) is 43.3 Å². The number of pyridine rings is 1. The number of amides is 1. The molecule has 3 aromatic heterocycles. The third-order valence-electron chi connectivity index (χ3n) is 4.45. The van der Waals surface area contributed by atoms with E-state index in [0.717, 1.165) is 16.0 Å². The molecule has 0 fully saturated rings. The number of anilines is 1. The summed E-state index contributed by atoms with van der Waals surface area (Å²) in [6.07, 6.45) is 1.51. The molecule has 0 unspecified atom stereocenters. The van der Waals surface area contributed by atoms with Crippen LogP contribution < -0.4 is 15.7 Å². The monoisotopic (exact) mass is 424 g/mol. The standard InChI is InChI=1S/C20H17ClN6O3/c1-12-23-16(13-5-7-14(30-2)8-6-13)10-17-25-26(20(29)27(12)17)11-18(28)24-15-4-3-9-22-19(15)21/h3-10H,11H2,1-2H3,(H,24,28). The molecule has 0 atom stereocenters. The van der Waals surface area contributed by atoms with Crippen LogP contribution in [0.4, 0.5) is 5.69 Å². The third-order valence-corrected chi connectivity index (χ3v) is 4.75. The number of rotatable bonds is 5. The molecule has 30 heavy (non-hydrogen) atoms. The van der Waals surface area contributed by atoms with Gasteiger partial charge in [-0.2, -0.15) is 0 Å². The van der Waals surface area contributed by atoms with Crippen molar-refractivity contribution in [2.24, 2.45) is 0 Å². The van der Waals surface area contributed by atoms with E-state index in [4.69, 9.17) is 16.3 Å². The predicted octanol–water partition coefficient (Wildman–Crippen LogP) is 2.56. The fourth-order valence-electron chi connectivity index (χ4n) is 3.02. The molecule has 0 bridgehead atoms. The summed E-state index contributed by atoms with van der Waals surface area (Å²) in [6.45, 7) is 1.44. The minimum atomic E-state index is -0.455. The summed E-state index contributed by atoms with van der Waals surface area (Å²) in [4.78, 5) is 33.5. The van der Waals surface area contributed by atoms with Crippen LogP contribution in [0.3, 0.4) is 0 Å². The molecule has 0 saturated carbocycles. The third kappa shape index (κ3) is 3.74. The Kier molecular flexibility index (Phi) is 5.20. The topological polar surface area (TPSA) is 103 Å². The van der Waals surface area contributed by atoms with Gasteiger partial charge in [0.25, 0.3) is 0 Å². The number of aromatic nitrogens is 5. The highest BCUT2D eigenvalue weighted by molar-refractivity contribution is 6.32. The number of hydrogen-bond donors (Lipinski definition) is 1. The van der Waals surface area contributed by atoms with E-state index in [1.165, 1.54) is 10.6 Å². The van der Waals surface area contributed by atoms with Gasteiger partial charge in [0.05, 0.1) is 18.5 Å². The van der Waals surface area contributed by atoms with Gasteiger partial charge in [0.1, 0.15) is 18.1 Å². The molecule has 1 N–H and O–H groups in total. The molecular formula is C20H17ClN6O3. The molecule has 0 radical (unpaired) electrons. The first-order valence-electron chi connectivity index (χ1n) is 8.98. The Hall–Kier alpha value is -3.72. The minimum absolute atomic E-state index is 0.164. The lowest BCUT2D eigenvalue weighted by Crippen LogP contribution is -2.29. The highest BCUT2D eigenvalue weighted by Gasteiger charge is 2.15. The molecule has 0 spiro atoms. The number of nitrogens with one attached hydrogen (secondary N) is 1. The van der Waals surface area contributed by atoms with E-state index < -0.39 is 11.6 Å². The van der Waals surface area contributed by atoms with Crippen LogP contribution >= 0.6 is 11.6 Å². The lowest BCUT2D eigenvalue weighted by atomic mass is 10.1. The smallest absolute Gasteiger partial charge is 0.352 e. The van der Waals surface area contributed by atoms with Gasteiger partial charge in [-0.3, -0.25) is 4.79 Å². The average molecular weight is 425 g/mol. The SMILES string of the molecule is COc1ccc(-c2cc3nn(CC(=O)Nc4cccnc4Cl)c(=O)n3c(C)n2)cc1. The van der Waals surface area contributed by atoms with Crippen molar-refractivity contribution >= 4 is 28.8 Å². The van der Waals surface area contributed by atoms with Crippen LogP contribution in [0.5, 0.6) is 5.75 Å². The van der Waals surface area contributed by atoms with Gasteiger partial charge in [0.2, 0.25) is 5.91 Å². The number of hydrogen-bond acceptors (Lipinski definition) is 6. The Bertz CT molecular complexity index is 1300. The minimum Gasteiger partial charge on any atom is -0.497 e. The summed E-state index contributed by atoms with van der Waals surface area (Å²) < 4.78 is 7.62. The zero-order valence-electron chi connectivity index (χ0n) is 16.2. The van der Waals surface area contributed by atoms with Gasteiger partial charge in [-0.1, -0.05) is 11.6 Å². The van der Waals surface area contributed by atoms with Crippen LogP contribution in [0.15, 0.2) is 53.5 Å². The second-order valence-corrected chi connectivity index (χ2v) is 6.80. The zero-order valence-corrected chi connectivity index (χ0v) is 16.9. The Morgan fingerprint density at radius 1 is 1.23 bits per heavy atom. The van der Waals surface area contributed by atoms with Gasteiger partial charge in [-0.15, -0.1) is 5.10 Å². The van der Waals surface area contributed by atoms with Crippen LogP contribution in [0.25, 0.3) is 16.9 Å². The molecule has 0 aliphatic rings. The lowest BCUT2D eigenvalue weighted by molar-refractivity contribution is -0.117. The van der Waals surface area contributed by atoms with Crippen molar-refractivity contribution in [3.05, 3.63) is 70.1 Å². The quantitative estimate of drug-likeness (QED) is 0.494. The number of nitrogens with zero attached hydrogens (tertiary/aromatic N) is 5. The predicted molar refractivity (Wildman–Crippen MR) is 112 cm³/mol. The summed E-state index contributed by atoms with van der Waals surface area (Å²) in [5.74, 6) is 0.749. The number of carbonyl (C=O) groups excluding carboxylic acids is 1. The van der Waals surface area contributed by atoms with E-state index in [-0.39, 0.29) is 11.7 Å². The molecule has 1 amide bonds. The fraction of sp³-hybridized carbons (Fsp3) is 0.150. The lowest BCUT2D eigenvalue weighted by Gasteiger charge is -2.05. The van der Waals surface area contributed by atoms with Crippen LogP contribution in [-0.4, -0.2) is 37.2 Å². The Morgan fingerprint density at radius 3 is 2.70 bits per heavy atom. The molecule has 1 aromatic carbocycles. The summed E-state index contributed by atoms with van der Waals surface area (Å²) >= 11 is 5.95. The van der Waals surface area contributed by atoms with Crippen molar-refractivity contribution < 1.29 is 9.53 Å². The molecule has 0 aliphatic heterocycles. The number of methoxy groups -OCH3 is 1. The molecule has 152 valence electrons. The number of ether oxygens (including phenoxy) is 1. The summed E-state index contributed by atoms with van der Waals surface area (Å²) in [6, 6.07) is 12.4. The molecule has 0 aliphatic carbocycles. The molecular weight excluding hydrogens is 408 g/mol. The number of fused-ring (bicyclic) bond motifs is 1. The second-order valence-electron chi connectivity index (χ2n) is 6.44. The number of benzene rings is 1. The number of carbonyl (C=O) groups is 1. The van der Waals surface area contributed by atoms with E-state index >= 15 is 0 Å². The van der Waals surface area contributed by atoms with Crippen molar-refractivity contribution in [2.75, 3.05) is 12.4 Å². The van der Waals surface area contributed by atoms with Crippen LogP contribution in [-0.2, 0) is 11.3 Å². The summed E-state index contributed by atoms with van der Waals surface area (Å²) in [5, 5.41) is 7.08. The largest absolute Gasteiger partial charge is 0.497 e. The number of halogens is 1. The van der Waals surface area contributed by atoms with Crippen LogP contribution in [0.1, 0.15) is 5.82 Å². The Morgan fingerprint density at radius 2 is 2.00 bits per heavy atom. The van der Waals surface area contributed by atoms with Gasteiger partial charge < -0.3 is 10.1 Å². The van der Waals surface area contributed by atoms with Crippen LogP contribution in [0, 0.1) is 6.92 Å². The molecule has 10 heteroatoms. The normalized spacial score (nSPS) is 10.9. The highest BCUT2D eigenvalue weighted by Crippen LogP contribution is 2.22. The van der Waals surface area contributed by atoms with Crippen molar-refractivity contribution in [2.45, 2.75) is 13.5 Å². The zero-order chi connectivity index (χ0) is 21.3. The average Bonchev–Trinajstić information content (AvgIpc) is 3.05. The summed E-state index contributed by atoms with van der Waals surface area (Å²) in [5.41, 5.74) is 1.81.